The Morgan fingerprint density at radius 2 is 2.14 bits per heavy atom. The molecule has 1 aromatic rings. The SMILES string of the molecule is O=C(O)NCCc1cc(F)ccc1F. The van der Waals surface area contributed by atoms with Crippen molar-refractivity contribution >= 4 is 6.09 Å². The van der Waals surface area contributed by atoms with Crippen molar-refractivity contribution in [2.75, 3.05) is 6.54 Å². The van der Waals surface area contributed by atoms with Gasteiger partial charge in [-0.3, -0.25) is 0 Å². The number of nitrogens with one attached hydrogen (secondary N) is 1. The van der Waals surface area contributed by atoms with Gasteiger partial charge in [-0.15, -0.1) is 0 Å². The van der Waals surface area contributed by atoms with Crippen molar-refractivity contribution in [3.63, 3.8) is 0 Å². The minimum atomic E-state index is -1.18. The molecule has 0 aromatic heterocycles. The normalized spacial score (nSPS) is 9.86. The first-order valence-corrected chi connectivity index (χ1v) is 4.00. The fourth-order valence-corrected chi connectivity index (χ4v) is 1.04. The first kappa shape index (κ1) is 10.4. The highest BCUT2D eigenvalue weighted by Crippen LogP contribution is 2.09. The van der Waals surface area contributed by atoms with E-state index in [0.717, 1.165) is 18.2 Å². The monoisotopic (exact) mass is 201 g/mol. The van der Waals surface area contributed by atoms with Gasteiger partial charge in [0.2, 0.25) is 0 Å². The summed E-state index contributed by atoms with van der Waals surface area (Å²) in [6.45, 7) is 0.0652. The predicted molar refractivity (Wildman–Crippen MR) is 46.1 cm³/mol. The number of hydrogen-bond donors (Lipinski definition) is 2. The molecule has 0 fully saturated rings. The molecule has 5 heteroatoms. The van der Waals surface area contributed by atoms with Crippen LogP contribution in [0.15, 0.2) is 18.2 Å². The maximum absolute atomic E-state index is 13.0. The number of hydrogen-bond acceptors (Lipinski definition) is 1. The average molecular weight is 201 g/mol. The van der Waals surface area contributed by atoms with Crippen molar-refractivity contribution < 1.29 is 18.7 Å². The lowest BCUT2D eigenvalue weighted by atomic mass is 10.1. The van der Waals surface area contributed by atoms with Crippen LogP contribution in [0.3, 0.4) is 0 Å². The largest absolute Gasteiger partial charge is 0.465 e. The summed E-state index contributed by atoms with van der Waals surface area (Å²) < 4.78 is 25.6. The molecule has 3 nitrogen and oxygen atoms in total. The first-order valence-electron chi connectivity index (χ1n) is 4.00. The smallest absolute Gasteiger partial charge is 0.404 e. The molecule has 1 amide bonds. The van der Waals surface area contributed by atoms with Crippen molar-refractivity contribution in [1.82, 2.24) is 5.32 Å². The fourth-order valence-electron chi connectivity index (χ4n) is 1.04. The molecule has 0 unspecified atom stereocenters. The Balaban J connectivity index is 2.57. The zero-order valence-electron chi connectivity index (χ0n) is 7.26. The van der Waals surface area contributed by atoms with Gasteiger partial charge in [0.05, 0.1) is 0 Å². The third-order valence-electron chi connectivity index (χ3n) is 1.68. The zero-order chi connectivity index (χ0) is 10.6. The first-order chi connectivity index (χ1) is 6.59. The molecule has 0 saturated heterocycles. The maximum atomic E-state index is 13.0. The number of amides is 1. The minimum absolute atomic E-state index is 0.0652. The molecule has 0 bridgehead atoms. The highest BCUT2D eigenvalue weighted by atomic mass is 19.1. The molecule has 0 aliphatic rings. The highest BCUT2D eigenvalue weighted by molar-refractivity contribution is 5.64. The Kier molecular flexibility index (Phi) is 3.39. The number of carbonyl (C=O) groups is 1. The minimum Gasteiger partial charge on any atom is -0.465 e. The van der Waals surface area contributed by atoms with Gasteiger partial charge in [0, 0.05) is 6.54 Å². The number of halogens is 2. The summed E-state index contributed by atoms with van der Waals surface area (Å²) in [6, 6.07) is 3.09. The summed E-state index contributed by atoms with van der Waals surface area (Å²) in [6.07, 6.45) is -1.04. The van der Waals surface area contributed by atoms with Crippen LogP contribution < -0.4 is 5.32 Å². The van der Waals surface area contributed by atoms with Crippen LogP contribution in [0, 0.1) is 11.6 Å². The van der Waals surface area contributed by atoms with Gasteiger partial charge in [0.15, 0.2) is 0 Å². The van der Waals surface area contributed by atoms with Gasteiger partial charge in [-0.05, 0) is 30.2 Å². The van der Waals surface area contributed by atoms with Crippen LogP contribution in [0.1, 0.15) is 5.56 Å². The zero-order valence-corrected chi connectivity index (χ0v) is 7.26. The quantitative estimate of drug-likeness (QED) is 0.783. The van der Waals surface area contributed by atoms with E-state index in [0.29, 0.717) is 0 Å². The molecule has 0 saturated carbocycles. The van der Waals surface area contributed by atoms with Gasteiger partial charge in [0.1, 0.15) is 11.6 Å². The summed E-state index contributed by atoms with van der Waals surface area (Å²) in [5.74, 6) is -1.06. The summed E-state index contributed by atoms with van der Waals surface area (Å²) in [5, 5.41) is 10.3. The van der Waals surface area contributed by atoms with Crippen molar-refractivity contribution in [3.8, 4) is 0 Å². The molecule has 1 rings (SSSR count). The van der Waals surface area contributed by atoms with E-state index in [1.54, 1.807) is 0 Å². The molecule has 1 aromatic carbocycles. The molecular formula is C9H9F2NO2. The summed E-state index contributed by atoms with van der Waals surface area (Å²) in [7, 11) is 0. The molecule has 0 aliphatic carbocycles. The van der Waals surface area contributed by atoms with Crippen LogP contribution >= 0.6 is 0 Å². The topological polar surface area (TPSA) is 49.3 Å². The van der Waals surface area contributed by atoms with Crippen molar-refractivity contribution in [2.45, 2.75) is 6.42 Å². The van der Waals surface area contributed by atoms with E-state index in [9.17, 15) is 13.6 Å². The van der Waals surface area contributed by atoms with Crippen LogP contribution in [0.5, 0.6) is 0 Å². The lowest BCUT2D eigenvalue weighted by molar-refractivity contribution is 0.194. The second-order valence-electron chi connectivity index (χ2n) is 2.72. The van der Waals surface area contributed by atoms with E-state index in [2.05, 4.69) is 5.32 Å². The number of benzene rings is 1. The highest BCUT2D eigenvalue weighted by Gasteiger charge is 2.03. The Morgan fingerprint density at radius 3 is 2.79 bits per heavy atom. The Hall–Kier alpha value is -1.65. The third-order valence-corrected chi connectivity index (χ3v) is 1.68. The fraction of sp³-hybridized carbons (Fsp3) is 0.222. The lowest BCUT2D eigenvalue weighted by Gasteiger charge is -2.03. The Labute approximate surface area is 79.4 Å². The van der Waals surface area contributed by atoms with Gasteiger partial charge in [0.25, 0.3) is 0 Å². The van der Waals surface area contributed by atoms with E-state index in [-0.39, 0.29) is 18.5 Å². The summed E-state index contributed by atoms with van der Waals surface area (Å²) >= 11 is 0. The van der Waals surface area contributed by atoms with Crippen LogP contribution in [0.2, 0.25) is 0 Å². The van der Waals surface area contributed by atoms with E-state index < -0.39 is 17.7 Å². The van der Waals surface area contributed by atoms with Crippen molar-refractivity contribution in [2.24, 2.45) is 0 Å². The lowest BCUT2D eigenvalue weighted by Crippen LogP contribution is -2.23. The molecular weight excluding hydrogens is 192 g/mol. The van der Waals surface area contributed by atoms with Gasteiger partial charge in [-0.25, -0.2) is 13.6 Å². The standard InChI is InChI=1S/C9H9F2NO2/c10-7-1-2-8(11)6(5-7)3-4-12-9(13)14/h1-2,5,12H,3-4H2,(H,13,14). The van der Waals surface area contributed by atoms with Gasteiger partial charge < -0.3 is 10.4 Å². The van der Waals surface area contributed by atoms with E-state index in [1.165, 1.54) is 0 Å². The van der Waals surface area contributed by atoms with Crippen LogP contribution in [0.4, 0.5) is 13.6 Å². The summed E-state index contributed by atoms with van der Waals surface area (Å²) in [4.78, 5) is 10.1. The second kappa shape index (κ2) is 4.55. The molecule has 2 N–H and O–H groups in total. The molecule has 0 spiro atoms. The Morgan fingerprint density at radius 1 is 1.43 bits per heavy atom. The molecule has 0 aliphatic heterocycles. The number of rotatable bonds is 3. The van der Waals surface area contributed by atoms with Gasteiger partial charge in [-0.2, -0.15) is 0 Å². The molecule has 14 heavy (non-hydrogen) atoms. The van der Waals surface area contributed by atoms with E-state index in [1.807, 2.05) is 0 Å². The van der Waals surface area contributed by atoms with Crippen molar-refractivity contribution in [3.05, 3.63) is 35.4 Å². The van der Waals surface area contributed by atoms with E-state index >= 15 is 0 Å². The Bertz CT molecular complexity index is 342. The molecule has 0 atom stereocenters. The number of carboxylic acid groups (broad SMARTS) is 1. The van der Waals surface area contributed by atoms with Gasteiger partial charge in [-0.1, -0.05) is 0 Å². The van der Waals surface area contributed by atoms with Crippen molar-refractivity contribution in [1.29, 1.82) is 0 Å². The third kappa shape index (κ3) is 3.01. The predicted octanol–water partition coefficient (Wildman–Crippen LogP) is 1.77. The van der Waals surface area contributed by atoms with E-state index in [4.69, 9.17) is 5.11 Å². The van der Waals surface area contributed by atoms with Crippen LogP contribution in [-0.2, 0) is 6.42 Å². The molecule has 76 valence electrons. The molecule has 0 heterocycles. The van der Waals surface area contributed by atoms with Crippen LogP contribution in [0.25, 0.3) is 0 Å². The average Bonchev–Trinajstić information content (AvgIpc) is 2.10. The summed E-state index contributed by atoms with van der Waals surface area (Å²) in [5.41, 5.74) is 0.166. The molecule has 0 radical (unpaired) electrons. The van der Waals surface area contributed by atoms with Crippen LogP contribution in [-0.4, -0.2) is 17.7 Å². The maximum Gasteiger partial charge on any atom is 0.404 e. The van der Waals surface area contributed by atoms with Gasteiger partial charge >= 0.3 is 6.09 Å². The second-order valence-corrected chi connectivity index (χ2v) is 2.72.